The van der Waals surface area contributed by atoms with E-state index in [0.717, 1.165) is 11.1 Å². The van der Waals surface area contributed by atoms with Crippen LogP contribution in [0.5, 0.6) is 0 Å². The molecule has 150 valence electrons. The summed E-state index contributed by atoms with van der Waals surface area (Å²) in [6, 6.07) is 16.6. The van der Waals surface area contributed by atoms with E-state index in [9.17, 15) is 14.4 Å². The molecule has 0 atom stereocenters. The van der Waals surface area contributed by atoms with Gasteiger partial charge in [-0.15, -0.1) is 0 Å². The summed E-state index contributed by atoms with van der Waals surface area (Å²) < 4.78 is 1.87. The van der Waals surface area contributed by atoms with E-state index >= 15 is 0 Å². The highest BCUT2D eigenvalue weighted by molar-refractivity contribution is 5.97. The second kappa shape index (κ2) is 9.66. The molecule has 7 heteroatoms. The predicted octanol–water partition coefficient (Wildman–Crippen LogP) is 2.61. The maximum Gasteiger partial charge on any atom is 0.257 e. The van der Waals surface area contributed by atoms with Gasteiger partial charge in [-0.05, 0) is 30.5 Å². The topological polar surface area (TPSA) is 100 Å². The lowest BCUT2D eigenvalue weighted by atomic mass is 10.1. The number of hydrogen-bond donors (Lipinski definition) is 3. The SMILES string of the molecule is O=C(CCCCn1cc(C(=O)NCc2ccccc2)c(=O)c2ccccc21)NO. The number of hydroxylamine groups is 1. The highest BCUT2D eigenvalue weighted by Gasteiger charge is 2.15. The minimum Gasteiger partial charge on any atom is -0.348 e. The van der Waals surface area contributed by atoms with Crippen molar-refractivity contribution in [2.24, 2.45) is 0 Å². The van der Waals surface area contributed by atoms with Gasteiger partial charge in [-0.3, -0.25) is 19.6 Å². The number of aryl methyl sites for hydroxylation is 1. The van der Waals surface area contributed by atoms with Gasteiger partial charge in [0.05, 0.1) is 5.52 Å². The van der Waals surface area contributed by atoms with Crippen LogP contribution >= 0.6 is 0 Å². The van der Waals surface area contributed by atoms with Crippen molar-refractivity contribution in [2.75, 3.05) is 0 Å². The molecule has 0 bridgehead atoms. The molecule has 2 aromatic carbocycles. The average Bonchev–Trinajstić information content (AvgIpc) is 2.77. The number of benzene rings is 2. The van der Waals surface area contributed by atoms with Gasteiger partial charge in [0.1, 0.15) is 5.56 Å². The molecule has 0 radical (unpaired) electrons. The number of rotatable bonds is 8. The Morgan fingerprint density at radius 2 is 1.69 bits per heavy atom. The summed E-state index contributed by atoms with van der Waals surface area (Å²) in [5.41, 5.74) is 3.09. The number of para-hydroxylation sites is 1. The maximum absolute atomic E-state index is 12.8. The van der Waals surface area contributed by atoms with Crippen LogP contribution in [0.4, 0.5) is 0 Å². The molecular formula is C22H23N3O4. The van der Waals surface area contributed by atoms with Crippen molar-refractivity contribution in [3.05, 3.63) is 82.1 Å². The molecule has 0 saturated heterocycles. The molecule has 3 aromatic rings. The fourth-order valence-corrected chi connectivity index (χ4v) is 3.19. The Balaban J connectivity index is 1.81. The number of amides is 2. The normalized spacial score (nSPS) is 10.7. The Bertz CT molecular complexity index is 1060. The van der Waals surface area contributed by atoms with Crippen LogP contribution in [0.2, 0.25) is 0 Å². The van der Waals surface area contributed by atoms with Crippen molar-refractivity contribution < 1.29 is 14.8 Å². The number of aromatic nitrogens is 1. The van der Waals surface area contributed by atoms with E-state index in [1.54, 1.807) is 23.8 Å². The number of carbonyl (C=O) groups excluding carboxylic acids is 2. The minimum atomic E-state index is -0.434. The molecule has 3 N–H and O–H groups in total. The number of nitrogens with zero attached hydrogens (tertiary/aromatic N) is 1. The van der Waals surface area contributed by atoms with Gasteiger partial charge in [0.25, 0.3) is 5.91 Å². The van der Waals surface area contributed by atoms with Crippen molar-refractivity contribution >= 4 is 22.7 Å². The fourth-order valence-electron chi connectivity index (χ4n) is 3.19. The molecule has 29 heavy (non-hydrogen) atoms. The van der Waals surface area contributed by atoms with E-state index in [1.807, 2.05) is 47.0 Å². The highest BCUT2D eigenvalue weighted by atomic mass is 16.5. The van der Waals surface area contributed by atoms with Gasteiger partial charge in [0, 0.05) is 31.1 Å². The van der Waals surface area contributed by atoms with Crippen LogP contribution in [0, 0.1) is 0 Å². The first-order valence-corrected chi connectivity index (χ1v) is 9.47. The van der Waals surface area contributed by atoms with E-state index < -0.39 is 11.8 Å². The molecule has 0 aliphatic rings. The Morgan fingerprint density at radius 1 is 0.966 bits per heavy atom. The lowest BCUT2D eigenvalue weighted by molar-refractivity contribution is -0.129. The van der Waals surface area contributed by atoms with Crippen LogP contribution in [-0.4, -0.2) is 21.6 Å². The summed E-state index contributed by atoms with van der Waals surface area (Å²) in [5, 5.41) is 11.9. The third-order valence-corrected chi connectivity index (χ3v) is 4.71. The van der Waals surface area contributed by atoms with Crippen LogP contribution in [0.25, 0.3) is 10.9 Å². The van der Waals surface area contributed by atoms with E-state index in [4.69, 9.17) is 5.21 Å². The lowest BCUT2D eigenvalue weighted by Gasteiger charge is -2.13. The molecular weight excluding hydrogens is 370 g/mol. The molecule has 0 unspecified atom stereocenters. The standard InChI is InChI=1S/C22H23N3O4/c26-20(24-29)12-6-7-13-25-15-18(21(27)17-10-4-5-11-19(17)25)22(28)23-14-16-8-2-1-3-9-16/h1-5,8-11,15,29H,6-7,12-14H2,(H,23,28)(H,24,26). The summed E-state index contributed by atoms with van der Waals surface area (Å²) in [7, 11) is 0. The predicted molar refractivity (Wildman–Crippen MR) is 110 cm³/mol. The van der Waals surface area contributed by atoms with Crippen LogP contribution in [0.15, 0.2) is 65.6 Å². The Kier molecular flexibility index (Phi) is 6.76. The Hall–Kier alpha value is -3.45. The van der Waals surface area contributed by atoms with Crippen molar-refractivity contribution in [3.8, 4) is 0 Å². The van der Waals surface area contributed by atoms with Gasteiger partial charge < -0.3 is 9.88 Å². The smallest absolute Gasteiger partial charge is 0.257 e. The number of hydrogen-bond acceptors (Lipinski definition) is 4. The second-order valence-electron chi connectivity index (χ2n) is 6.74. The van der Waals surface area contributed by atoms with Crippen LogP contribution in [-0.2, 0) is 17.9 Å². The molecule has 0 spiro atoms. The highest BCUT2D eigenvalue weighted by Crippen LogP contribution is 2.13. The van der Waals surface area contributed by atoms with Crippen molar-refractivity contribution in [1.82, 2.24) is 15.4 Å². The van der Waals surface area contributed by atoms with E-state index in [0.29, 0.717) is 31.3 Å². The lowest BCUT2D eigenvalue weighted by Crippen LogP contribution is -2.29. The van der Waals surface area contributed by atoms with Crippen molar-refractivity contribution in [1.29, 1.82) is 0 Å². The number of pyridine rings is 1. The Labute approximate surface area is 167 Å². The third kappa shape index (κ3) is 5.08. The van der Waals surface area contributed by atoms with Gasteiger partial charge in [0.15, 0.2) is 0 Å². The number of carbonyl (C=O) groups is 2. The van der Waals surface area contributed by atoms with Crippen molar-refractivity contribution in [3.63, 3.8) is 0 Å². The van der Waals surface area contributed by atoms with Crippen LogP contribution < -0.4 is 16.2 Å². The average molecular weight is 393 g/mol. The third-order valence-electron chi connectivity index (χ3n) is 4.71. The summed E-state index contributed by atoms with van der Waals surface area (Å²) >= 11 is 0. The number of unbranched alkanes of at least 4 members (excludes halogenated alkanes) is 1. The molecule has 7 nitrogen and oxygen atoms in total. The minimum absolute atomic E-state index is 0.0905. The van der Waals surface area contributed by atoms with E-state index in [1.165, 1.54) is 0 Å². The summed E-state index contributed by atoms with van der Waals surface area (Å²) in [6.07, 6.45) is 3.02. The summed E-state index contributed by atoms with van der Waals surface area (Å²) in [4.78, 5) is 36.7. The molecule has 2 amide bonds. The number of nitrogens with one attached hydrogen (secondary N) is 2. The van der Waals surface area contributed by atoms with Gasteiger partial charge >= 0.3 is 0 Å². The number of fused-ring (bicyclic) bond motifs is 1. The van der Waals surface area contributed by atoms with E-state index in [-0.39, 0.29) is 17.4 Å². The van der Waals surface area contributed by atoms with Crippen molar-refractivity contribution in [2.45, 2.75) is 32.4 Å². The molecule has 0 fully saturated rings. The molecule has 0 aliphatic carbocycles. The quantitative estimate of drug-likeness (QED) is 0.311. The first-order chi connectivity index (χ1) is 14.1. The monoisotopic (exact) mass is 393 g/mol. The van der Waals surface area contributed by atoms with Crippen LogP contribution in [0.3, 0.4) is 0 Å². The second-order valence-corrected chi connectivity index (χ2v) is 6.74. The zero-order valence-electron chi connectivity index (χ0n) is 15.9. The zero-order valence-corrected chi connectivity index (χ0v) is 15.9. The molecule has 1 heterocycles. The van der Waals surface area contributed by atoms with Gasteiger partial charge in [-0.1, -0.05) is 42.5 Å². The molecule has 0 saturated carbocycles. The maximum atomic E-state index is 12.8. The largest absolute Gasteiger partial charge is 0.348 e. The fraction of sp³-hybridized carbons (Fsp3) is 0.227. The zero-order chi connectivity index (χ0) is 20.6. The molecule has 0 aliphatic heterocycles. The first-order valence-electron chi connectivity index (χ1n) is 9.47. The van der Waals surface area contributed by atoms with Gasteiger partial charge in [-0.25, -0.2) is 5.48 Å². The molecule has 1 aromatic heterocycles. The van der Waals surface area contributed by atoms with E-state index in [2.05, 4.69) is 5.32 Å². The summed E-state index contributed by atoms with van der Waals surface area (Å²) in [5.74, 6) is -0.853. The van der Waals surface area contributed by atoms with Gasteiger partial charge in [-0.2, -0.15) is 0 Å². The summed E-state index contributed by atoms with van der Waals surface area (Å²) in [6.45, 7) is 0.876. The molecule has 3 rings (SSSR count). The van der Waals surface area contributed by atoms with Crippen LogP contribution in [0.1, 0.15) is 35.2 Å². The Morgan fingerprint density at radius 3 is 2.45 bits per heavy atom. The van der Waals surface area contributed by atoms with Gasteiger partial charge in [0.2, 0.25) is 11.3 Å². The first kappa shape index (κ1) is 20.3.